The van der Waals surface area contributed by atoms with Gasteiger partial charge in [0.15, 0.2) is 5.69 Å². The first-order valence-electron chi connectivity index (χ1n) is 4.17. The average Bonchev–Trinajstić information content (AvgIpc) is 2.17. The second kappa shape index (κ2) is 4.50. The zero-order chi connectivity index (χ0) is 10.7. The van der Waals surface area contributed by atoms with Gasteiger partial charge in [-0.3, -0.25) is 0 Å². The SMILES string of the molecule is COC(=O)c1nc(C(C)C)ncc1Br. The molecule has 0 atom stereocenters. The molecule has 1 aromatic rings. The maximum atomic E-state index is 11.3. The Morgan fingerprint density at radius 2 is 2.21 bits per heavy atom. The van der Waals surface area contributed by atoms with E-state index in [0.29, 0.717) is 10.3 Å². The van der Waals surface area contributed by atoms with Gasteiger partial charge in [-0.2, -0.15) is 0 Å². The van der Waals surface area contributed by atoms with E-state index >= 15 is 0 Å². The summed E-state index contributed by atoms with van der Waals surface area (Å²) in [5.41, 5.74) is 0.270. The molecular formula is C9H11BrN2O2. The van der Waals surface area contributed by atoms with Crippen molar-refractivity contribution in [3.63, 3.8) is 0 Å². The van der Waals surface area contributed by atoms with Crippen LogP contribution >= 0.6 is 15.9 Å². The number of aromatic nitrogens is 2. The molecule has 0 aromatic carbocycles. The summed E-state index contributed by atoms with van der Waals surface area (Å²) < 4.78 is 5.14. The fourth-order valence-corrected chi connectivity index (χ4v) is 1.25. The molecule has 0 saturated carbocycles. The average molecular weight is 259 g/mol. The zero-order valence-corrected chi connectivity index (χ0v) is 9.83. The molecule has 0 radical (unpaired) electrons. The van der Waals surface area contributed by atoms with Gasteiger partial charge in [0.2, 0.25) is 0 Å². The number of nitrogens with zero attached hydrogens (tertiary/aromatic N) is 2. The predicted molar refractivity (Wildman–Crippen MR) is 55.2 cm³/mol. The van der Waals surface area contributed by atoms with Crippen LogP contribution in [0.25, 0.3) is 0 Å². The molecule has 0 bridgehead atoms. The van der Waals surface area contributed by atoms with Crippen LogP contribution in [0.2, 0.25) is 0 Å². The van der Waals surface area contributed by atoms with Crippen molar-refractivity contribution in [2.75, 3.05) is 7.11 Å². The van der Waals surface area contributed by atoms with Crippen LogP contribution in [0.5, 0.6) is 0 Å². The zero-order valence-electron chi connectivity index (χ0n) is 8.24. The van der Waals surface area contributed by atoms with Gasteiger partial charge < -0.3 is 4.74 Å². The smallest absolute Gasteiger partial charge is 0.357 e. The highest BCUT2D eigenvalue weighted by Gasteiger charge is 2.14. The molecular weight excluding hydrogens is 248 g/mol. The number of esters is 1. The van der Waals surface area contributed by atoms with Crippen LogP contribution in [-0.2, 0) is 4.74 Å². The number of carbonyl (C=O) groups is 1. The van der Waals surface area contributed by atoms with E-state index in [1.165, 1.54) is 7.11 Å². The molecule has 0 unspecified atom stereocenters. The molecule has 5 heteroatoms. The summed E-state index contributed by atoms with van der Waals surface area (Å²) in [6, 6.07) is 0. The van der Waals surface area contributed by atoms with E-state index in [4.69, 9.17) is 0 Å². The Balaban J connectivity index is 3.15. The first-order chi connectivity index (χ1) is 6.56. The van der Waals surface area contributed by atoms with E-state index in [0.717, 1.165) is 0 Å². The third-order valence-corrected chi connectivity index (χ3v) is 2.24. The van der Waals surface area contributed by atoms with Crippen LogP contribution in [0.1, 0.15) is 36.1 Å². The van der Waals surface area contributed by atoms with Crippen molar-refractivity contribution < 1.29 is 9.53 Å². The number of ether oxygens (including phenoxy) is 1. The minimum Gasteiger partial charge on any atom is -0.464 e. The summed E-state index contributed by atoms with van der Waals surface area (Å²) in [5, 5.41) is 0. The van der Waals surface area contributed by atoms with Crippen molar-refractivity contribution in [2.45, 2.75) is 19.8 Å². The summed E-state index contributed by atoms with van der Waals surface area (Å²) in [6.07, 6.45) is 1.56. The minimum absolute atomic E-state index is 0.187. The number of halogens is 1. The van der Waals surface area contributed by atoms with Crippen molar-refractivity contribution >= 4 is 21.9 Å². The van der Waals surface area contributed by atoms with E-state index in [2.05, 4.69) is 30.6 Å². The second-order valence-electron chi connectivity index (χ2n) is 3.07. The first kappa shape index (κ1) is 11.1. The number of methoxy groups -OCH3 is 1. The van der Waals surface area contributed by atoms with Gasteiger partial charge in [-0.05, 0) is 15.9 Å². The van der Waals surface area contributed by atoms with Gasteiger partial charge in [0.1, 0.15) is 5.82 Å². The van der Waals surface area contributed by atoms with Crippen LogP contribution in [0.15, 0.2) is 10.7 Å². The van der Waals surface area contributed by atoms with E-state index in [1.807, 2.05) is 13.8 Å². The fourth-order valence-electron chi connectivity index (χ4n) is 0.899. The Labute approximate surface area is 90.8 Å². The maximum Gasteiger partial charge on any atom is 0.357 e. The molecule has 0 spiro atoms. The van der Waals surface area contributed by atoms with Gasteiger partial charge in [-0.15, -0.1) is 0 Å². The standard InChI is InChI=1S/C9H11BrN2O2/c1-5(2)8-11-4-6(10)7(12-8)9(13)14-3/h4-5H,1-3H3. The molecule has 1 heterocycles. The molecule has 0 saturated heterocycles. The first-order valence-corrected chi connectivity index (χ1v) is 4.96. The third-order valence-electron chi connectivity index (χ3n) is 1.66. The lowest BCUT2D eigenvalue weighted by Crippen LogP contribution is -2.09. The summed E-state index contributed by atoms with van der Waals surface area (Å²) in [7, 11) is 1.33. The van der Waals surface area contributed by atoms with Gasteiger partial charge in [-0.1, -0.05) is 13.8 Å². The van der Waals surface area contributed by atoms with Crippen molar-refractivity contribution in [1.82, 2.24) is 9.97 Å². The Hall–Kier alpha value is -0.970. The summed E-state index contributed by atoms with van der Waals surface area (Å²) in [4.78, 5) is 19.5. The maximum absolute atomic E-state index is 11.3. The molecule has 76 valence electrons. The molecule has 1 rings (SSSR count). The van der Waals surface area contributed by atoms with Crippen LogP contribution < -0.4 is 0 Å². The highest BCUT2D eigenvalue weighted by atomic mass is 79.9. The van der Waals surface area contributed by atoms with Crippen molar-refractivity contribution in [2.24, 2.45) is 0 Å². The molecule has 0 N–H and O–H groups in total. The lowest BCUT2D eigenvalue weighted by Gasteiger charge is -2.06. The van der Waals surface area contributed by atoms with Crippen molar-refractivity contribution in [3.05, 3.63) is 22.2 Å². The van der Waals surface area contributed by atoms with Crippen LogP contribution in [0.4, 0.5) is 0 Å². The second-order valence-corrected chi connectivity index (χ2v) is 3.93. The quantitative estimate of drug-likeness (QED) is 0.763. The normalized spacial score (nSPS) is 10.4. The Kier molecular flexibility index (Phi) is 3.57. The van der Waals surface area contributed by atoms with Crippen LogP contribution in [0, 0.1) is 0 Å². The van der Waals surface area contributed by atoms with E-state index in [9.17, 15) is 4.79 Å². The van der Waals surface area contributed by atoms with Gasteiger partial charge in [0.05, 0.1) is 11.6 Å². The molecule has 0 fully saturated rings. The predicted octanol–water partition coefficient (Wildman–Crippen LogP) is 2.15. The van der Waals surface area contributed by atoms with E-state index in [-0.39, 0.29) is 11.6 Å². The molecule has 0 aliphatic carbocycles. The summed E-state index contributed by atoms with van der Waals surface area (Å²) in [5.74, 6) is 0.362. The number of hydrogen-bond donors (Lipinski definition) is 0. The molecule has 0 aliphatic rings. The van der Waals surface area contributed by atoms with Gasteiger partial charge in [0.25, 0.3) is 0 Å². The summed E-state index contributed by atoms with van der Waals surface area (Å²) >= 11 is 3.20. The highest BCUT2D eigenvalue weighted by Crippen LogP contribution is 2.17. The Morgan fingerprint density at radius 1 is 1.57 bits per heavy atom. The number of rotatable bonds is 2. The van der Waals surface area contributed by atoms with E-state index < -0.39 is 5.97 Å². The fraction of sp³-hybridized carbons (Fsp3) is 0.444. The van der Waals surface area contributed by atoms with Crippen LogP contribution in [-0.4, -0.2) is 23.0 Å². The van der Waals surface area contributed by atoms with Crippen molar-refractivity contribution in [1.29, 1.82) is 0 Å². The molecule has 4 nitrogen and oxygen atoms in total. The van der Waals surface area contributed by atoms with Gasteiger partial charge in [0, 0.05) is 12.1 Å². The molecule has 1 aromatic heterocycles. The van der Waals surface area contributed by atoms with Crippen molar-refractivity contribution in [3.8, 4) is 0 Å². The molecule has 0 amide bonds. The molecule has 0 aliphatic heterocycles. The van der Waals surface area contributed by atoms with Gasteiger partial charge >= 0.3 is 5.97 Å². The monoisotopic (exact) mass is 258 g/mol. The van der Waals surface area contributed by atoms with Crippen LogP contribution in [0.3, 0.4) is 0 Å². The van der Waals surface area contributed by atoms with E-state index in [1.54, 1.807) is 6.20 Å². The van der Waals surface area contributed by atoms with Gasteiger partial charge in [-0.25, -0.2) is 14.8 Å². The number of hydrogen-bond acceptors (Lipinski definition) is 4. The third kappa shape index (κ3) is 2.29. The lowest BCUT2D eigenvalue weighted by atomic mass is 10.2. The lowest BCUT2D eigenvalue weighted by molar-refractivity contribution is 0.0592. The Morgan fingerprint density at radius 3 is 2.71 bits per heavy atom. The molecule has 14 heavy (non-hydrogen) atoms. The number of carbonyl (C=O) groups excluding carboxylic acids is 1. The highest BCUT2D eigenvalue weighted by molar-refractivity contribution is 9.10. The largest absolute Gasteiger partial charge is 0.464 e. The topological polar surface area (TPSA) is 52.1 Å². The Bertz CT molecular complexity index is 353. The minimum atomic E-state index is -0.457. The summed E-state index contributed by atoms with van der Waals surface area (Å²) in [6.45, 7) is 3.93.